The molecular formula is C11H23NO. The lowest BCUT2D eigenvalue weighted by Crippen LogP contribution is -2.42. The highest BCUT2D eigenvalue weighted by atomic mass is 16.5. The van der Waals surface area contributed by atoms with Crippen molar-refractivity contribution < 1.29 is 4.74 Å². The second kappa shape index (κ2) is 5.61. The van der Waals surface area contributed by atoms with Crippen LogP contribution in [0, 0.1) is 0 Å². The first kappa shape index (κ1) is 11.0. The van der Waals surface area contributed by atoms with Crippen LogP contribution in [-0.4, -0.2) is 25.8 Å². The molecule has 0 heterocycles. The molecule has 1 aliphatic rings. The predicted molar refractivity (Wildman–Crippen MR) is 56.0 cm³/mol. The number of methoxy groups -OCH3 is 1. The minimum absolute atomic E-state index is 0.145. The highest BCUT2D eigenvalue weighted by Crippen LogP contribution is 2.29. The minimum Gasteiger partial charge on any atom is -0.377 e. The maximum absolute atomic E-state index is 5.70. The molecule has 1 N–H and O–H groups in total. The van der Waals surface area contributed by atoms with Gasteiger partial charge in [-0.1, -0.05) is 32.6 Å². The molecule has 1 aliphatic carbocycles. The lowest BCUT2D eigenvalue weighted by atomic mass is 9.94. The molecule has 2 heteroatoms. The van der Waals surface area contributed by atoms with E-state index in [1.807, 2.05) is 7.11 Å². The minimum atomic E-state index is 0.145. The molecule has 0 saturated heterocycles. The van der Waals surface area contributed by atoms with Gasteiger partial charge in [-0.2, -0.15) is 0 Å². The Kier molecular flexibility index (Phi) is 4.74. The van der Waals surface area contributed by atoms with Crippen molar-refractivity contribution in [3.8, 4) is 0 Å². The summed E-state index contributed by atoms with van der Waals surface area (Å²) in [5.74, 6) is 0. The Balaban J connectivity index is 2.43. The lowest BCUT2D eigenvalue weighted by Gasteiger charge is -2.31. The van der Waals surface area contributed by atoms with Crippen molar-refractivity contribution in [3.63, 3.8) is 0 Å². The third kappa shape index (κ3) is 3.28. The summed E-state index contributed by atoms with van der Waals surface area (Å²) in [5, 5.41) is 3.41. The van der Waals surface area contributed by atoms with Crippen molar-refractivity contribution in [1.82, 2.24) is 5.32 Å². The topological polar surface area (TPSA) is 21.3 Å². The summed E-state index contributed by atoms with van der Waals surface area (Å²) >= 11 is 0. The van der Waals surface area contributed by atoms with Crippen LogP contribution in [0.15, 0.2) is 0 Å². The molecule has 0 spiro atoms. The maximum atomic E-state index is 5.70. The second-order valence-corrected chi connectivity index (χ2v) is 4.08. The van der Waals surface area contributed by atoms with E-state index in [9.17, 15) is 0 Å². The van der Waals surface area contributed by atoms with Crippen LogP contribution in [0.1, 0.15) is 45.4 Å². The van der Waals surface area contributed by atoms with Crippen LogP contribution in [-0.2, 0) is 4.74 Å². The third-order valence-corrected chi connectivity index (χ3v) is 3.14. The van der Waals surface area contributed by atoms with Gasteiger partial charge >= 0.3 is 0 Å². The fourth-order valence-electron chi connectivity index (χ4n) is 2.18. The zero-order chi connectivity index (χ0) is 9.57. The number of ether oxygens (including phenoxy) is 1. The second-order valence-electron chi connectivity index (χ2n) is 4.08. The monoisotopic (exact) mass is 185 g/mol. The van der Waals surface area contributed by atoms with E-state index in [0.29, 0.717) is 0 Å². The molecule has 0 atom stereocenters. The fraction of sp³-hybridized carbons (Fsp3) is 1.00. The third-order valence-electron chi connectivity index (χ3n) is 3.14. The van der Waals surface area contributed by atoms with Gasteiger partial charge in [-0.3, -0.25) is 0 Å². The van der Waals surface area contributed by atoms with E-state index in [2.05, 4.69) is 12.2 Å². The molecule has 0 aromatic rings. The van der Waals surface area contributed by atoms with E-state index in [-0.39, 0.29) is 5.60 Å². The van der Waals surface area contributed by atoms with Crippen molar-refractivity contribution in [1.29, 1.82) is 0 Å². The molecule has 0 aromatic heterocycles. The van der Waals surface area contributed by atoms with E-state index in [4.69, 9.17) is 4.74 Å². The van der Waals surface area contributed by atoms with Gasteiger partial charge < -0.3 is 10.1 Å². The van der Waals surface area contributed by atoms with Crippen molar-refractivity contribution in [2.24, 2.45) is 0 Å². The average Bonchev–Trinajstić information content (AvgIpc) is 2.41. The van der Waals surface area contributed by atoms with Gasteiger partial charge in [0.1, 0.15) is 0 Å². The van der Waals surface area contributed by atoms with Crippen molar-refractivity contribution in [2.45, 2.75) is 51.0 Å². The number of likely N-dealkylation sites (N-methyl/N-ethyl adjacent to an activating group) is 1. The van der Waals surface area contributed by atoms with Crippen molar-refractivity contribution in [2.75, 3.05) is 20.2 Å². The predicted octanol–water partition coefficient (Wildman–Crippen LogP) is 2.34. The number of hydrogen-bond acceptors (Lipinski definition) is 2. The van der Waals surface area contributed by atoms with Gasteiger partial charge in [-0.05, 0) is 19.4 Å². The molecule has 78 valence electrons. The zero-order valence-electron chi connectivity index (χ0n) is 9.07. The highest BCUT2D eigenvalue weighted by molar-refractivity contribution is 4.84. The summed E-state index contributed by atoms with van der Waals surface area (Å²) in [5.41, 5.74) is 0.145. The Morgan fingerprint density at radius 3 is 2.23 bits per heavy atom. The van der Waals surface area contributed by atoms with Crippen molar-refractivity contribution >= 4 is 0 Å². The number of hydrogen-bond donors (Lipinski definition) is 1. The molecule has 0 aromatic carbocycles. The summed E-state index contributed by atoms with van der Waals surface area (Å²) in [7, 11) is 1.86. The zero-order valence-corrected chi connectivity index (χ0v) is 9.07. The molecule has 13 heavy (non-hydrogen) atoms. The molecule has 2 nitrogen and oxygen atoms in total. The summed E-state index contributed by atoms with van der Waals surface area (Å²) in [6.07, 6.45) is 7.90. The van der Waals surface area contributed by atoms with E-state index >= 15 is 0 Å². The van der Waals surface area contributed by atoms with Gasteiger partial charge in [-0.15, -0.1) is 0 Å². The first-order valence-electron chi connectivity index (χ1n) is 5.59. The first-order valence-corrected chi connectivity index (χ1v) is 5.59. The summed E-state index contributed by atoms with van der Waals surface area (Å²) in [4.78, 5) is 0. The fourth-order valence-corrected chi connectivity index (χ4v) is 2.18. The lowest BCUT2D eigenvalue weighted by molar-refractivity contribution is -0.0210. The van der Waals surface area contributed by atoms with Crippen LogP contribution < -0.4 is 5.32 Å². The van der Waals surface area contributed by atoms with Gasteiger partial charge in [0, 0.05) is 13.7 Å². The molecule has 0 radical (unpaired) electrons. The Labute approximate surface area is 82.0 Å². The molecule has 1 fully saturated rings. The SMILES string of the molecule is CCNCC1(OC)CCCCCC1. The van der Waals surface area contributed by atoms with Gasteiger partial charge in [0.2, 0.25) is 0 Å². The standard InChI is InChI=1S/C11H23NO/c1-3-12-10-11(13-2)8-6-4-5-7-9-11/h12H,3-10H2,1-2H3. The van der Waals surface area contributed by atoms with Crippen LogP contribution in [0.2, 0.25) is 0 Å². The molecule has 1 saturated carbocycles. The molecule has 0 unspecified atom stereocenters. The Morgan fingerprint density at radius 2 is 1.77 bits per heavy atom. The summed E-state index contributed by atoms with van der Waals surface area (Å²) in [6.45, 7) is 4.23. The first-order chi connectivity index (χ1) is 6.33. The van der Waals surface area contributed by atoms with E-state index in [1.165, 1.54) is 38.5 Å². The Morgan fingerprint density at radius 1 is 1.15 bits per heavy atom. The van der Waals surface area contributed by atoms with Gasteiger partial charge in [0.25, 0.3) is 0 Å². The molecule has 0 aliphatic heterocycles. The average molecular weight is 185 g/mol. The summed E-state index contributed by atoms with van der Waals surface area (Å²) in [6, 6.07) is 0. The number of nitrogens with one attached hydrogen (secondary N) is 1. The quantitative estimate of drug-likeness (QED) is 0.679. The van der Waals surface area contributed by atoms with Crippen LogP contribution in [0.4, 0.5) is 0 Å². The van der Waals surface area contributed by atoms with Crippen LogP contribution in [0.25, 0.3) is 0 Å². The highest BCUT2D eigenvalue weighted by Gasteiger charge is 2.29. The number of rotatable bonds is 4. The van der Waals surface area contributed by atoms with E-state index in [0.717, 1.165) is 13.1 Å². The van der Waals surface area contributed by atoms with Gasteiger partial charge in [0.05, 0.1) is 5.60 Å². The van der Waals surface area contributed by atoms with E-state index in [1.54, 1.807) is 0 Å². The molecule has 0 amide bonds. The molecule has 1 rings (SSSR count). The maximum Gasteiger partial charge on any atom is 0.0802 e. The van der Waals surface area contributed by atoms with Crippen LogP contribution in [0.3, 0.4) is 0 Å². The van der Waals surface area contributed by atoms with Gasteiger partial charge in [0.15, 0.2) is 0 Å². The molecule has 0 bridgehead atoms. The Hall–Kier alpha value is -0.0800. The summed E-state index contributed by atoms with van der Waals surface area (Å²) < 4.78 is 5.70. The molecular weight excluding hydrogens is 162 g/mol. The van der Waals surface area contributed by atoms with Crippen LogP contribution in [0.5, 0.6) is 0 Å². The normalized spacial score (nSPS) is 22.6. The van der Waals surface area contributed by atoms with Gasteiger partial charge in [-0.25, -0.2) is 0 Å². The smallest absolute Gasteiger partial charge is 0.0802 e. The van der Waals surface area contributed by atoms with Crippen molar-refractivity contribution in [3.05, 3.63) is 0 Å². The van der Waals surface area contributed by atoms with E-state index < -0.39 is 0 Å². The Bertz CT molecular complexity index is 128. The van der Waals surface area contributed by atoms with Crippen LogP contribution >= 0.6 is 0 Å². The largest absolute Gasteiger partial charge is 0.377 e.